The summed E-state index contributed by atoms with van der Waals surface area (Å²) in [5.41, 5.74) is 2.28. The summed E-state index contributed by atoms with van der Waals surface area (Å²) in [6.07, 6.45) is 1.19. The molecule has 10 nitrogen and oxygen atoms in total. The number of piperidine rings is 1. The SMILES string of the molecule is O=C(NOCC(=O)N1CCOCC1)[C@@H]1CC[C@H]2CN1C(=O)N2OP. The predicted molar refractivity (Wildman–Crippen MR) is 83.0 cm³/mol. The lowest BCUT2D eigenvalue weighted by molar-refractivity contribution is -0.149. The lowest BCUT2D eigenvalue weighted by atomic mass is 10.0. The summed E-state index contributed by atoms with van der Waals surface area (Å²) in [5.74, 6) is -0.635. The van der Waals surface area contributed by atoms with Gasteiger partial charge in [-0.15, -0.1) is 0 Å². The highest BCUT2D eigenvalue weighted by Crippen LogP contribution is 2.30. The number of carbonyl (C=O) groups excluding carboxylic acids is 3. The van der Waals surface area contributed by atoms with Crippen molar-refractivity contribution in [3.05, 3.63) is 0 Å². The molecule has 0 aromatic rings. The fraction of sp³-hybridized carbons (Fsp3) is 0.769. The molecule has 0 aromatic heterocycles. The molecule has 3 saturated heterocycles. The highest BCUT2D eigenvalue weighted by atomic mass is 31.0. The summed E-state index contributed by atoms with van der Waals surface area (Å²) in [7, 11) is 2.05. The van der Waals surface area contributed by atoms with Crippen molar-refractivity contribution in [1.82, 2.24) is 20.3 Å². The molecule has 11 heteroatoms. The zero-order valence-electron chi connectivity index (χ0n) is 13.2. The van der Waals surface area contributed by atoms with Gasteiger partial charge in [-0.25, -0.2) is 10.3 Å². The molecule has 0 spiro atoms. The molecular formula is C13H21N4O6P. The average molecular weight is 360 g/mol. The number of amides is 4. The summed E-state index contributed by atoms with van der Waals surface area (Å²) in [6.45, 7) is 2.26. The first kappa shape index (κ1) is 17.3. The molecule has 4 amide bonds. The van der Waals surface area contributed by atoms with Gasteiger partial charge in [0.2, 0.25) is 0 Å². The molecular weight excluding hydrogens is 339 g/mol. The van der Waals surface area contributed by atoms with E-state index in [2.05, 4.69) is 5.48 Å². The quantitative estimate of drug-likeness (QED) is 0.493. The topological polar surface area (TPSA) is 101 Å². The van der Waals surface area contributed by atoms with Gasteiger partial charge < -0.3 is 14.5 Å². The molecule has 3 fully saturated rings. The molecule has 134 valence electrons. The van der Waals surface area contributed by atoms with Crippen LogP contribution in [-0.2, 0) is 23.8 Å². The maximum atomic E-state index is 12.2. The summed E-state index contributed by atoms with van der Waals surface area (Å²) in [4.78, 5) is 44.4. The molecule has 1 N–H and O–H groups in total. The van der Waals surface area contributed by atoms with Gasteiger partial charge >= 0.3 is 6.03 Å². The zero-order valence-corrected chi connectivity index (χ0v) is 14.3. The van der Waals surface area contributed by atoms with Crippen molar-refractivity contribution < 1.29 is 28.6 Å². The first-order valence-corrected chi connectivity index (χ1v) is 8.33. The second kappa shape index (κ2) is 7.60. The normalized spacial score (nSPS) is 26.7. The van der Waals surface area contributed by atoms with Gasteiger partial charge in [0.05, 0.1) is 19.3 Å². The van der Waals surface area contributed by atoms with Crippen molar-refractivity contribution in [3.8, 4) is 0 Å². The van der Waals surface area contributed by atoms with E-state index in [0.717, 1.165) is 0 Å². The van der Waals surface area contributed by atoms with E-state index >= 15 is 0 Å². The van der Waals surface area contributed by atoms with Crippen molar-refractivity contribution in [2.24, 2.45) is 0 Å². The van der Waals surface area contributed by atoms with Gasteiger partial charge in [-0.05, 0) is 12.8 Å². The number of nitrogens with one attached hydrogen (secondary N) is 1. The number of nitrogens with zero attached hydrogens (tertiary/aromatic N) is 3. The lowest BCUT2D eigenvalue weighted by Gasteiger charge is -2.29. The van der Waals surface area contributed by atoms with Crippen LogP contribution in [0.2, 0.25) is 0 Å². The van der Waals surface area contributed by atoms with Gasteiger partial charge in [-0.1, -0.05) is 0 Å². The Morgan fingerprint density at radius 3 is 2.75 bits per heavy atom. The Morgan fingerprint density at radius 1 is 1.29 bits per heavy atom. The van der Waals surface area contributed by atoms with Crippen LogP contribution in [0.1, 0.15) is 12.8 Å². The number of fused-ring (bicyclic) bond motifs is 2. The summed E-state index contributed by atoms with van der Waals surface area (Å²) < 4.78 is 10.2. The molecule has 0 saturated carbocycles. The van der Waals surface area contributed by atoms with Crippen molar-refractivity contribution in [2.45, 2.75) is 24.9 Å². The summed E-state index contributed by atoms with van der Waals surface area (Å²) in [6, 6.07) is -0.989. The van der Waals surface area contributed by atoms with Gasteiger partial charge in [0.15, 0.2) is 6.61 Å². The third-order valence-electron chi connectivity index (χ3n) is 4.47. The van der Waals surface area contributed by atoms with Crippen molar-refractivity contribution in [3.63, 3.8) is 0 Å². The number of rotatable bonds is 5. The first-order valence-electron chi connectivity index (χ1n) is 7.85. The van der Waals surface area contributed by atoms with E-state index in [1.807, 2.05) is 9.47 Å². The minimum Gasteiger partial charge on any atom is -0.378 e. The van der Waals surface area contributed by atoms with Crippen LogP contribution in [0.5, 0.6) is 0 Å². The van der Waals surface area contributed by atoms with Crippen molar-refractivity contribution in [2.75, 3.05) is 39.5 Å². The van der Waals surface area contributed by atoms with Crippen LogP contribution in [0, 0.1) is 0 Å². The number of morpholine rings is 1. The molecule has 0 radical (unpaired) electrons. The van der Waals surface area contributed by atoms with Crippen molar-refractivity contribution >= 4 is 27.3 Å². The minimum absolute atomic E-state index is 0.0390. The third-order valence-corrected chi connectivity index (χ3v) is 4.70. The average Bonchev–Trinajstić information content (AvgIpc) is 2.85. The molecule has 3 aliphatic heterocycles. The molecule has 3 atom stereocenters. The molecule has 0 aromatic carbocycles. The van der Waals surface area contributed by atoms with Gasteiger partial charge in [0.25, 0.3) is 11.8 Å². The second-order valence-corrected chi connectivity index (χ2v) is 6.07. The fourth-order valence-corrected chi connectivity index (χ4v) is 3.44. The van der Waals surface area contributed by atoms with E-state index < -0.39 is 11.9 Å². The second-order valence-electron chi connectivity index (χ2n) is 5.86. The van der Waals surface area contributed by atoms with Crippen LogP contribution >= 0.6 is 9.47 Å². The van der Waals surface area contributed by atoms with Crippen LogP contribution in [0.25, 0.3) is 0 Å². The number of hydroxylamine groups is 3. The number of hydrogen-bond acceptors (Lipinski definition) is 6. The van der Waals surface area contributed by atoms with Crippen LogP contribution in [0.3, 0.4) is 0 Å². The zero-order chi connectivity index (χ0) is 17.1. The maximum absolute atomic E-state index is 12.2. The number of ether oxygens (including phenoxy) is 1. The Labute approximate surface area is 141 Å². The Morgan fingerprint density at radius 2 is 2.04 bits per heavy atom. The highest BCUT2D eigenvalue weighted by molar-refractivity contribution is 7.09. The predicted octanol–water partition coefficient (Wildman–Crippen LogP) is -1.12. The van der Waals surface area contributed by atoms with Crippen molar-refractivity contribution in [1.29, 1.82) is 0 Å². The van der Waals surface area contributed by atoms with E-state index in [4.69, 9.17) is 14.2 Å². The van der Waals surface area contributed by atoms with Crippen LogP contribution < -0.4 is 5.48 Å². The van der Waals surface area contributed by atoms with Gasteiger partial charge in [-0.3, -0.25) is 19.1 Å². The Hall–Kier alpha value is -1.48. The molecule has 3 rings (SSSR count). The smallest absolute Gasteiger partial charge is 0.345 e. The van der Waals surface area contributed by atoms with E-state index in [9.17, 15) is 14.4 Å². The summed E-state index contributed by atoms with van der Waals surface area (Å²) in [5, 5.41) is 1.26. The number of carbonyl (C=O) groups is 3. The molecule has 0 aliphatic carbocycles. The van der Waals surface area contributed by atoms with E-state index in [0.29, 0.717) is 45.7 Å². The largest absolute Gasteiger partial charge is 0.378 e. The van der Waals surface area contributed by atoms with Gasteiger partial charge in [-0.2, -0.15) is 5.06 Å². The lowest BCUT2D eigenvalue weighted by Crippen LogP contribution is -2.50. The Kier molecular flexibility index (Phi) is 5.50. The van der Waals surface area contributed by atoms with Gasteiger partial charge in [0, 0.05) is 29.1 Å². The standard InChI is InChI=1S/C13H21N4O6P/c18-11(15-3-5-21-6-4-15)8-22-14-12(19)10-2-1-9-7-16(10)13(20)17(9)23-24/h9-10H,1-8,24H2,(H,14,19)/t9-,10-/m0/s1. The van der Waals surface area contributed by atoms with Crippen LogP contribution in [-0.4, -0.2) is 84.2 Å². The van der Waals surface area contributed by atoms with Crippen LogP contribution in [0.4, 0.5) is 4.79 Å². The Balaban J connectivity index is 1.45. The van der Waals surface area contributed by atoms with E-state index in [1.165, 1.54) is 9.96 Å². The Bertz CT molecular complexity index is 515. The summed E-state index contributed by atoms with van der Waals surface area (Å²) >= 11 is 0. The fourth-order valence-electron chi connectivity index (χ4n) is 3.18. The van der Waals surface area contributed by atoms with Crippen LogP contribution in [0.15, 0.2) is 0 Å². The third kappa shape index (κ3) is 3.46. The monoisotopic (exact) mass is 360 g/mol. The molecule has 1 unspecified atom stereocenters. The highest BCUT2D eigenvalue weighted by Gasteiger charge is 2.47. The molecule has 24 heavy (non-hydrogen) atoms. The minimum atomic E-state index is -0.614. The first-order chi connectivity index (χ1) is 11.6. The molecule has 3 aliphatic rings. The maximum Gasteiger partial charge on any atom is 0.345 e. The number of urea groups is 1. The molecule has 3 heterocycles. The van der Waals surface area contributed by atoms with E-state index in [-0.39, 0.29) is 24.6 Å². The van der Waals surface area contributed by atoms with E-state index in [1.54, 1.807) is 4.90 Å². The van der Waals surface area contributed by atoms with Gasteiger partial charge in [0.1, 0.15) is 6.04 Å². The number of hydrogen-bond donors (Lipinski definition) is 1. The molecule has 2 bridgehead atoms.